The molecule has 0 saturated carbocycles. The Hall–Kier alpha value is -2.65. The summed E-state index contributed by atoms with van der Waals surface area (Å²) in [4.78, 5) is 14.6. The second-order valence-corrected chi connectivity index (χ2v) is 7.82. The highest BCUT2D eigenvalue weighted by Gasteiger charge is 2.39. The molecule has 1 atom stereocenters. The third kappa shape index (κ3) is 3.99. The first kappa shape index (κ1) is 22.0. The van der Waals surface area contributed by atoms with Crippen LogP contribution in [0.1, 0.15) is 25.3 Å². The number of rotatable bonds is 4. The molecule has 0 amide bonds. The van der Waals surface area contributed by atoms with Gasteiger partial charge < -0.3 is 10.5 Å². The normalized spacial score (nSPS) is 16.5. The topological polar surface area (TPSA) is 79.3 Å². The highest BCUT2D eigenvalue weighted by molar-refractivity contribution is 6.35. The van der Waals surface area contributed by atoms with Crippen LogP contribution in [-0.4, -0.2) is 12.6 Å². The number of nitrogens with two attached hydrogens (primary N) is 1. The predicted molar refractivity (Wildman–Crippen MR) is 119 cm³/mol. The van der Waals surface area contributed by atoms with E-state index >= 15 is 0 Å². The van der Waals surface area contributed by atoms with E-state index in [-0.39, 0.29) is 23.6 Å². The fourth-order valence-corrected chi connectivity index (χ4v) is 4.13. The summed E-state index contributed by atoms with van der Waals surface area (Å²) in [6, 6.07) is 14.0. The Bertz CT molecular complexity index is 1100. The van der Waals surface area contributed by atoms with Gasteiger partial charge >= 0.3 is 5.97 Å². The Morgan fingerprint density at radius 1 is 1.17 bits per heavy atom. The quantitative estimate of drug-likeness (QED) is 0.582. The monoisotopic (exact) mass is 461 g/mol. The Kier molecular flexibility index (Phi) is 6.62. The summed E-state index contributed by atoms with van der Waals surface area (Å²) in [6.07, 6.45) is 0. The molecule has 30 heavy (non-hydrogen) atoms. The van der Waals surface area contributed by atoms with Gasteiger partial charge in [-0.3, -0.25) is 4.90 Å². The van der Waals surface area contributed by atoms with Crippen molar-refractivity contribution in [3.63, 3.8) is 0 Å². The van der Waals surface area contributed by atoms with Crippen LogP contribution in [-0.2, 0) is 9.53 Å². The van der Waals surface area contributed by atoms with E-state index in [1.807, 2.05) is 0 Å². The number of nitrogens with zero attached hydrogens (tertiary/aromatic N) is 2. The van der Waals surface area contributed by atoms with Crippen molar-refractivity contribution in [3.05, 3.63) is 85.8 Å². The molecule has 1 heterocycles. The zero-order valence-corrected chi connectivity index (χ0v) is 18.5. The molecule has 154 valence electrons. The minimum absolute atomic E-state index is 0.179. The third-order valence-electron chi connectivity index (χ3n) is 4.79. The number of ether oxygens (including phenoxy) is 1. The van der Waals surface area contributed by atoms with E-state index in [0.717, 1.165) is 0 Å². The van der Waals surface area contributed by atoms with Crippen molar-refractivity contribution >= 4 is 46.5 Å². The van der Waals surface area contributed by atoms with E-state index in [9.17, 15) is 10.1 Å². The van der Waals surface area contributed by atoms with E-state index in [0.29, 0.717) is 32.0 Å². The number of nitriles is 1. The maximum atomic E-state index is 13.0. The van der Waals surface area contributed by atoms with E-state index in [1.54, 1.807) is 61.2 Å². The van der Waals surface area contributed by atoms with Crippen LogP contribution in [0.15, 0.2) is 65.1 Å². The second kappa shape index (κ2) is 9.01. The van der Waals surface area contributed by atoms with Crippen LogP contribution in [0.3, 0.4) is 0 Å². The molecule has 0 radical (unpaired) electrons. The molecule has 1 aliphatic heterocycles. The standard InChI is InChI=1S/C22H18Cl3N3O2/c1-3-30-22(29)19-12(2)28(15-7-4-13(23)5-8-15)21(27)17(11-26)20(19)16-9-6-14(24)10-18(16)25/h4-10,20H,3,27H2,1-2H3/t20-/m1/s1. The summed E-state index contributed by atoms with van der Waals surface area (Å²) in [5, 5.41) is 11.3. The van der Waals surface area contributed by atoms with Gasteiger partial charge in [0.15, 0.2) is 0 Å². The molecular formula is C22H18Cl3N3O2. The van der Waals surface area contributed by atoms with Gasteiger partial charge in [-0.2, -0.15) is 5.26 Å². The Labute approximate surface area is 189 Å². The molecule has 0 saturated heterocycles. The molecule has 0 unspecified atom stereocenters. The van der Waals surface area contributed by atoms with Crippen LogP contribution in [0.25, 0.3) is 0 Å². The van der Waals surface area contributed by atoms with Crippen molar-refractivity contribution in [2.24, 2.45) is 5.73 Å². The lowest BCUT2D eigenvalue weighted by molar-refractivity contribution is -0.138. The Morgan fingerprint density at radius 3 is 2.37 bits per heavy atom. The van der Waals surface area contributed by atoms with Crippen molar-refractivity contribution in [2.45, 2.75) is 19.8 Å². The van der Waals surface area contributed by atoms with E-state index in [4.69, 9.17) is 45.3 Å². The van der Waals surface area contributed by atoms with Crippen LogP contribution in [0.2, 0.25) is 15.1 Å². The summed E-state index contributed by atoms with van der Waals surface area (Å²) in [5.41, 5.74) is 8.62. The fraction of sp³-hybridized carbons (Fsp3) is 0.182. The van der Waals surface area contributed by atoms with Gasteiger partial charge in [-0.15, -0.1) is 0 Å². The second-order valence-electron chi connectivity index (χ2n) is 6.54. The number of carbonyl (C=O) groups excluding carboxylic acids is 1. The minimum atomic E-state index is -0.789. The van der Waals surface area contributed by atoms with Gasteiger partial charge in [0.05, 0.1) is 29.7 Å². The average Bonchev–Trinajstić information content (AvgIpc) is 2.69. The van der Waals surface area contributed by atoms with E-state index < -0.39 is 11.9 Å². The smallest absolute Gasteiger partial charge is 0.336 e. The van der Waals surface area contributed by atoms with Crippen molar-refractivity contribution in [1.29, 1.82) is 5.26 Å². The van der Waals surface area contributed by atoms with Crippen LogP contribution >= 0.6 is 34.8 Å². The number of allylic oxidation sites excluding steroid dienone is 2. The predicted octanol–water partition coefficient (Wildman–Crippen LogP) is 5.78. The largest absolute Gasteiger partial charge is 0.463 e. The summed E-state index contributed by atoms with van der Waals surface area (Å²) in [5.74, 6) is -1.14. The first-order chi connectivity index (χ1) is 14.3. The van der Waals surface area contributed by atoms with Gasteiger partial charge in [-0.1, -0.05) is 40.9 Å². The van der Waals surface area contributed by atoms with Gasteiger partial charge in [-0.05, 0) is 55.8 Å². The number of hydrogen-bond acceptors (Lipinski definition) is 5. The molecular weight excluding hydrogens is 445 g/mol. The number of benzene rings is 2. The molecule has 0 aromatic heterocycles. The highest BCUT2D eigenvalue weighted by atomic mass is 35.5. The first-order valence-electron chi connectivity index (χ1n) is 9.08. The molecule has 1 aliphatic rings. The van der Waals surface area contributed by atoms with Gasteiger partial charge in [0.25, 0.3) is 0 Å². The summed E-state index contributed by atoms with van der Waals surface area (Å²) in [7, 11) is 0. The van der Waals surface area contributed by atoms with Gasteiger partial charge in [0, 0.05) is 26.5 Å². The van der Waals surface area contributed by atoms with E-state index in [2.05, 4.69) is 6.07 Å². The number of esters is 1. The van der Waals surface area contributed by atoms with Gasteiger partial charge in [0.1, 0.15) is 5.82 Å². The molecule has 0 bridgehead atoms. The molecule has 0 aliphatic carbocycles. The zero-order valence-electron chi connectivity index (χ0n) is 16.2. The molecule has 0 fully saturated rings. The Balaban J connectivity index is 2.29. The lowest BCUT2D eigenvalue weighted by Gasteiger charge is -2.36. The minimum Gasteiger partial charge on any atom is -0.463 e. The van der Waals surface area contributed by atoms with Crippen molar-refractivity contribution in [1.82, 2.24) is 0 Å². The van der Waals surface area contributed by atoms with Crippen LogP contribution in [0.5, 0.6) is 0 Å². The molecule has 2 aromatic rings. The summed E-state index contributed by atoms with van der Waals surface area (Å²) < 4.78 is 5.31. The SMILES string of the molecule is CCOC(=O)C1=C(C)N(c2ccc(Cl)cc2)C(N)=C(C#N)[C@H]1c1ccc(Cl)cc1Cl. The van der Waals surface area contributed by atoms with Gasteiger partial charge in [0.2, 0.25) is 0 Å². The highest BCUT2D eigenvalue weighted by Crippen LogP contribution is 2.45. The first-order valence-corrected chi connectivity index (χ1v) is 10.2. The number of hydrogen-bond donors (Lipinski definition) is 1. The number of carbonyl (C=O) groups is 1. The van der Waals surface area contributed by atoms with Crippen LogP contribution < -0.4 is 10.6 Å². The number of anilines is 1. The Morgan fingerprint density at radius 2 is 1.80 bits per heavy atom. The summed E-state index contributed by atoms with van der Waals surface area (Å²) in [6.45, 7) is 3.64. The van der Waals surface area contributed by atoms with Gasteiger partial charge in [-0.25, -0.2) is 4.79 Å². The molecule has 5 nitrogen and oxygen atoms in total. The molecule has 8 heteroatoms. The maximum absolute atomic E-state index is 13.0. The molecule has 3 rings (SSSR count). The van der Waals surface area contributed by atoms with E-state index in [1.165, 1.54) is 0 Å². The lowest BCUT2D eigenvalue weighted by atomic mass is 9.81. The molecule has 2 aromatic carbocycles. The van der Waals surface area contributed by atoms with Crippen LogP contribution in [0.4, 0.5) is 5.69 Å². The van der Waals surface area contributed by atoms with Crippen molar-refractivity contribution < 1.29 is 9.53 Å². The fourth-order valence-electron chi connectivity index (χ4n) is 3.49. The lowest BCUT2D eigenvalue weighted by Crippen LogP contribution is -2.36. The van der Waals surface area contributed by atoms with Crippen LogP contribution in [0, 0.1) is 11.3 Å². The molecule has 0 spiro atoms. The average molecular weight is 463 g/mol. The number of halogens is 3. The van der Waals surface area contributed by atoms with Crippen molar-refractivity contribution in [2.75, 3.05) is 11.5 Å². The third-order valence-corrected chi connectivity index (χ3v) is 5.61. The molecule has 2 N–H and O–H groups in total. The zero-order chi connectivity index (χ0) is 22.0. The van der Waals surface area contributed by atoms with Crippen molar-refractivity contribution in [3.8, 4) is 6.07 Å². The maximum Gasteiger partial charge on any atom is 0.336 e. The summed E-state index contributed by atoms with van der Waals surface area (Å²) >= 11 is 18.5.